The minimum absolute atomic E-state index is 0.112. The standard InChI is InChI=1S/C21H18BrFN2O3S/c22-17-8-10-19(11-9-17)29(27,28)25-18-6-3-5-16(14-18)21(26)24-13-12-15-4-1-2-7-20(15)23/h1-11,14,25H,12-13H2,(H,24,26). The number of halogens is 2. The predicted molar refractivity (Wildman–Crippen MR) is 114 cm³/mol. The van der Waals surface area contributed by atoms with Gasteiger partial charge in [-0.25, -0.2) is 12.8 Å². The van der Waals surface area contributed by atoms with Crippen molar-refractivity contribution in [2.75, 3.05) is 11.3 Å². The number of rotatable bonds is 7. The number of hydrogen-bond donors (Lipinski definition) is 2. The van der Waals surface area contributed by atoms with Crippen molar-refractivity contribution >= 4 is 37.5 Å². The number of amides is 1. The van der Waals surface area contributed by atoms with Gasteiger partial charge in [-0.1, -0.05) is 40.2 Å². The highest BCUT2D eigenvalue weighted by Crippen LogP contribution is 2.19. The Balaban J connectivity index is 1.65. The summed E-state index contributed by atoms with van der Waals surface area (Å²) in [6, 6.07) is 18.8. The van der Waals surface area contributed by atoms with Crippen molar-refractivity contribution in [2.45, 2.75) is 11.3 Å². The topological polar surface area (TPSA) is 75.3 Å². The summed E-state index contributed by atoms with van der Waals surface area (Å²) in [5.74, 6) is -0.683. The van der Waals surface area contributed by atoms with Crippen molar-refractivity contribution in [2.24, 2.45) is 0 Å². The zero-order valence-corrected chi connectivity index (χ0v) is 17.6. The van der Waals surface area contributed by atoms with Crippen LogP contribution in [0.1, 0.15) is 15.9 Å². The molecule has 3 aromatic carbocycles. The molecule has 2 N–H and O–H groups in total. The summed E-state index contributed by atoms with van der Waals surface area (Å²) >= 11 is 3.26. The van der Waals surface area contributed by atoms with Crippen molar-refractivity contribution in [1.29, 1.82) is 0 Å². The van der Waals surface area contributed by atoms with E-state index >= 15 is 0 Å². The lowest BCUT2D eigenvalue weighted by atomic mass is 10.1. The summed E-state index contributed by atoms with van der Waals surface area (Å²) in [4.78, 5) is 12.5. The molecule has 0 atom stereocenters. The second-order valence-electron chi connectivity index (χ2n) is 6.24. The van der Waals surface area contributed by atoms with Gasteiger partial charge < -0.3 is 5.32 Å². The van der Waals surface area contributed by atoms with Crippen LogP contribution in [0.5, 0.6) is 0 Å². The Labute approximate surface area is 177 Å². The Kier molecular flexibility index (Phi) is 6.66. The van der Waals surface area contributed by atoms with E-state index < -0.39 is 10.0 Å². The largest absolute Gasteiger partial charge is 0.352 e. The molecule has 0 aliphatic rings. The van der Waals surface area contributed by atoms with Crippen LogP contribution in [0.2, 0.25) is 0 Å². The second kappa shape index (κ2) is 9.19. The van der Waals surface area contributed by atoms with Crippen molar-refractivity contribution in [3.05, 3.63) is 94.2 Å². The summed E-state index contributed by atoms with van der Waals surface area (Å²) in [5, 5.41) is 2.71. The maximum atomic E-state index is 13.6. The quantitative estimate of drug-likeness (QED) is 0.531. The summed E-state index contributed by atoms with van der Waals surface area (Å²) in [6.45, 7) is 0.259. The number of nitrogens with one attached hydrogen (secondary N) is 2. The smallest absolute Gasteiger partial charge is 0.261 e. The van der Waals surface area contributed by atoms with E-state index in [9.17, 15) is 17.6 Å². The van der Waals surface area contributed by atoms with Gasteiger partial charge in [0.15, 0.2) is 0 Å². The first-order chi connectivity index (χ1) is 13.8. The molecule has 0 radical (unpaired) electrons. The highest BCUT2D eigenvalue weighted by atomic mass is 79.9. The number of carbonyl (C=O) groups is 1. The molecule has 8 heteroatoms. The first-order valence-corrected chi connectivity index (χ1v) is 11.0. The molecule has 0 aliphatic carbocycles. The first kappa shape index (κ1) is 21.0. The van der Waals surface area contributed by atoms with Gasteiger partial charge in [0.2, 0.25) is 0 Å². The Hall–Kier alpha value is -2.71. The molecule has 0 fully saturated rings. The van der Waals surface area contributed by atoms with Gasteiger partial charge in [-0.2, -0.15) is 0 Å². The zero-order chi connectivity index (χ0) is 20.9. The average molecular weight is 477 g/mol. The maximum absolute atomic E-state index is 13.6. The van der Waals surface area contributed by atoms with E-state index in [0.29, 0.717) is 17.5 Å². The molecular formula is C21H18BrFN2O3S. The Bertz CT molecular complexity index is 1120. The lowest BCUT2D eigenvalue weighted by Gasteiger charge is -2.10. The molecule has 0 heterocycles. The fourth-order valence-corrected chi connectivity index (χ4v) is 3.98. The minimum atomic E-state index is -3.77. The molecule has 0 saturated heterocycles. The predicted octanol–water partition coefficient (Wildman–Crippen LogP) is 4.36. The normalized spacial score (nSPS) is 11.1. The summed E-state index contributed by atoms with van der Waals surface area (Å²) in [7, 11) is -3.77. The molecular weight excluding hydrogens is 459 g/mol. The molecule has 0 unspecified atom stereocenters. The second-order valence-corrected chi connectivity index (χ2v) is 8.84. The number of sulfonamides is 1. The van der Waals surface area contributed by atoms with Crippen LogP contribution in [0.3, 0.4) is 0 Å². The number of anilines is 1. The van der Waals surface area contributed by atoms with Crippen molar-refractivity contribution in [3.8, 4) is 0 Å². The van der Waals surface area contributed by atoms with Gasteiger partial charge >= 0.3 is 0 Å². The van der Waals surface area contributed by atoms with Gasteiger partial charge in [-0.05, 0) is 60.5 Å². The Morgan fingerprint density at radius 3 is 2.41 bits per heavy atom. The fraction of sp³-hybridized carbons (Fsp3) is 0.0952. The summed E-state index contributed by atoms with van der Waals surface area (Å²) in [5.41, 5.74) is 1.09. The van der Waals surface area contributed by atoms with E-state index in [-0.39, 0.29) is 28.9 Å². The molecule has 3 aromatic rings. The van der Waals surface area contributed by atoms with Gasteiger partial charge in [0.05, 0.1) is 4.90 Å². The van der Waals surface area contributed by atoms with E-state index in [1.165, 1.54) is 24.3 Å². The van der Waals surface area contributed by atoms with Crippen LogP contribution < -0.4 is 10.0 Å². The molecule has 29 heavy (non-hydrogen) atoms. The van der Waals surface area contributed by atoms with Gasteiger partial charge in [0, 0.05) is 22.3 Å². The highest BCUT2D eigenvalue weighted by molar-refractivity contribution is 9.10. The van der Waals surface area contributed by atoms with E-state index in [0.717, 1.165) is 4.47 Å². The molecule has 5 nitrogen and oxygen atoms in total. The molecule has 0 aliphatic heterocycles. The lowest BCUT2D eigenvalue weighted by molar-refractivity contribution is 0.0954. The van der Waals surface area contributed by atoms with Crippen molar-refractivity contribution in [1.82, 2.24) is 5.32 Å². The lowest BCUT2D eigenvalue weighted by Crippen LogP contribution is -2.26. The average Bonchev–Trinajstić information content (AvgIpc) is 2.69. The third kappa shape index (κ3) is 5.65. The zero-order valence-electron chi connectivity index (χ0n) is 15.2. The molecule has 1 amide bonds. The number of hydrogen-bond acceptors (Lipinski definition) is 3. The van der Waals surface area contributed by atoms with Gasteiger partial charge in [-0.15, -0.1) is 0 Å². The van der Waals surface area contributed by atoms with Crippen LogP contribution in [-0.2, 0) is 16.4 Å². The first-order valence-electron chi connectivity index (χ1n) is 8.75. The van der Waals surface area contributed by atoms with Crippen LogP contribution in [0.4, 0.5) is 10.1 Å². The fourth-order valence-electron chi connectivity index (χ4n) is 2.67. The monoisotopic (exact) mass is 476 g/mol. The number of benzene rings is 3. The summed E-state index contributed by atoms with van der Waals surface area (Å²) < 4.78 is 41.8. The van der Waals surface area contributed by atoms with Crippen molar-refractivity contribution in [3.63, 3.8) is 0 Å². The Morgan fingerprint density at radius 1 is 0.966 bits per heavy atom. The van der Waals surface area contributed by atoms with Gasteiger partial charge in [-0.3, -0.25) is 9.52 Å². The number of carbonyl (C=O) groups excluding carboxylic acids is 1. The van der Waals surface area contributed by atoms with Crippen LogP contribution in [0, 0.1) is 5.82 Å². The minimum Gasteiger partial charge on any atom is -0.352 e. The van der Waals surface area contributed by atoms with E-state index in [4.69, 9.17) is 0 Å². The SMILES string of the molecule is O=C(NCCc1ccccc1F)c1cccc(NS(=O)(=O)c2ccc(Br)cc2)c1. The highest BCUT2D eigenvalue weighted by Gasteiger charge is 2.15. The Morgan fingerprint density at radius 2 is 1.69 bits per heavy atom. The molecule has 0 aromatic heterocycles. The molecule has 0 bridgehead atoms. The van der Waals surface area contributed by atoms with Gasteiger partial charge in [0.1, 0.15) is 5.82 Å². The van der Waals surface area contributed by atoms with Crippen molar-refractivity contribution < 1.29 is 17.6 Å². The van der Waals surface area contributed by atoms with Crippen LogP contribution in [0.15, 0.2) is 82.2 Å². The maximum Gasteiger partial charge on any atom is 0.261 e. The van der Waals surface area contributed by atoms with Gasteiger partial charge in [0.25, 0.3) is 15.9 Å². The van der Waals surface area contributed by atoms with E-state index in [1.807, 2.05) is 0 Å². The van der Waals surface area contributed by atoms with E-state index in [1.54, 1.807) is 48.5 Å². The summed E-state index contributed by atoms with van der Waals surface area (Å²) in [6.07, 6.45) is 0.355. The van der Waals surface area contributed by atoms with Crippen LogP contribution in [-0.4, -0.2) is 20.9 Å². The van der Waals surface area contributed by atoms with Crippen LogP contribution >= 0.6 is 15.9 Å². The molecule has 0 spiro atoms. The third-order valence-electron chi connectivity index (χ3n) is 4.14. The molecule has 0 saturated carbocycles. The van der Waals surface area contributed by atoms with Crippen LogP contribution in [0.25, 0.3) is 0 Å². The third-order valence-corrected chi connectivity index (χ3v) is 6.06. The van der Waals surface area contributed by atoms with E-state index in [2.05, 4.69) is 26.0 Å². The molecule has 3 rings (SSSR count). The molecule has 150 valence electrons.